The average molecular weight is 434 g/mol. The molecule has 0 aliphatic carbocycles. The third kappa shape index (κ3) is 4.83. The molecule has 1 aromatic rings. The van der Waals surface area contributed by atoms with Crippen molar-refractivity contribution < 1.29 is 26.4 Å². The summed E-state index contributed by atoms with van der Waals surface area (Å²) in [5.74, 6) is -0.366. The van der Waals surface area contributed by atoms with E-state index in [1.54, 1.807) is 13.0 Å². The minimum Gasteiger partial charge on any atom is -0.495 e. The minimum absolute atomic E-state index is 0.0401. The van der Waals surface area contributed by atoms with Gasteiger partial charge in [0.25, 0.3) is 0 Å². The maximum Gasteiger partial charge on any atom is 0.246 e. The summed E-state index contributed by atoms with van der Waals surface area (Å²) in [5, 5.41) is 2.74. The van der Waals surface area contributed by atoms with Crippen molar-refractivity contribution in [3.05, 3.63) is 18.2 Å². The highest BCUT2D eigenvalue weighted by Gasteiger charge is 2.30. The fraction of sp³-hybridized carbons (Fsp3) is 0.588. The zero-order valence-electron chi connectivity index (χ0n) is 16.5. The van der Waals surface area contributed by atoms with E-state index in [2.05, 4.69) is 5.32 Å². The Bertz CT molecular complexity index is 920. The molecule has 11 heteroatoms. The molecule has 0 saturated carbocycles. The van der Waals surface area contributed by atoms with E-state index in [9.17, 15) is 21.6 Å². The molecule has 158 valence electrons. The zero-order chi connectivity index (χ0) is 21.1. The maximum absolute atomic E-state index is 12.6. The Morgan fingerprint density at radius 1 is 1.21 bits per heavy atom. The summed E-state index contributed by atoms with van der Waals surface area (Å²) >= 11 is 0. The summed E-state index contributed by atoms with van der Waals surface area (Å²) < 4.78 is 56.4. The Balaban J connectivity index is 2.13. The van der Waals surface area contributed by atoms with Crippen molar-refractivity contribution >= 4 is 31.6 Å². The number of nitrogens with one attached hydrogen (secondary N) is 1. The molecule has 0 aromatic heterocycles. The number of hydrogen-bond acceptors (Lipinski definition) is 6. The van der Waals surface area contributed by atoms with Crippen molar-refractivity contribution in [3.63, 3.8) is 0 Å². The number of carbonyl (C=O) groups excluding carboxylic acids is 1. The molecule has 2 rings (SSSR count). The summed E-state index contributed by atoms with van der Waals surface area (Å²) in [6, 6.07) is 4.42. The van der Waals surface area contributed by atoms with Gasteiger partial charge in [-0.15, -0.1) is 0 Å². The first-order chi connectivity index (χ1) is 13.0. The van der Waals surface area contributed by atoms with Gasteiger partial charge in [-0.05, 0) is 38.0 Å². The van der Waals surface area contributed by atoms with E-state index < -0.39 is 20.0 Å². The summed E-state index contributed by atoms with van der Waals surface area (Å²) in [7, 11) is -2.79. The molecule has 1 aliphatic rings. The fourth-order valence-electron chi connectivity index (χ4n) is 2.98. The molecule has 0 atom stereocenters. The lowest BCUT2D eigenvalue weighted by Gasteiger charge is -2.30. The van der Waals surface area contributed by atoms with Crippen LogP contribution in [-0.2, 0) is 24.8 Å². The number of amides is 1. The van der Waals surface area contributed by atoms with Crippen molar-refractivity contribution in [2.75, 3.05) is 45.4 Å². The molecule has 1 fully saturated rings. The molecule has 28 heavy (non-hydrogen) atoms. The second kappa shape index (κ2) is 8.76. The third-order valence-electron chi connectivity index (χ3n) is 4.77. The zero-order valence-corrected chi connectivity index (χ0v) is 18.1. The third-order valence-corrected chi connectivity index (χ3v) is 8.49. The highest BCUT2D eigenvalue weighted by Crippen LogP contribution is 2.29. The number of methoxy groups -OCH3 is 1. The van der Waals surface area contributed by atoms with Crippen molar-refractivity contribution in [3.8, 4) is 5.75 Å². The summed E-state index contributed by atoms with van der Waals surface area (Å²) in [6.45, 7) is 2.20. The first-order valence-electron chi connectivity index (χ1n) is 8.92. The van der Waals surface area contributed by atoms with Crippen LogP contribution in [0.15, 0.2) is 23.1 Å². The Morgan fingerprint density at radius 2 is 1.82 bits per heavy atom. The second-order valence-corrected chi connectivity index (χ2v) is 11.1. The molecule has 0 spiro atoms. The van der Waals surface area contributed by atoms with Crippen molar-refractivity contribution in [2.45, 2.75) is 24.7 Å². The first-order valence-corrected chi connectivity index (χ1v) is 12.0. The van der Waals surface area contributed by atoms with Crippen LogP contribution >= 0.6 is 0 Å². The molecular formula is C17H27N3O6S2. The molecule has 1 heterocycles. The van der Waals surface area contributed by atoms with Gasteiger partial charge in [0.05, 0.1) is 12.9 Å². The van der Waals surface area contributed by atoms with Crippen molar-refractivity contribution in [1.82, 2.24) is 8.61 Å². The number of piperidine rings is 1. The van der Waals surface area contributed by atoms with Crippen LogP contribution in [0.25, 0.3) is 0 Å². The SMILES string of the molecule is CCS(=O)(=O)N1CCC(C(=O)Nc2ccc(OC)c(S(=O)(=O)N(C)C)c2)CC1. The van der Waals surface area contributed by atoms with Gasteiger partial charge in [-0.2, -0.15) is 0 Å². The van der Waals surface area contributed by atoms with Crippen LogP contribution in [0.1, 0.15) is 19.8 Å². The van der Waals surface area contributed by atoms with E-state index in [-0.39, 0.29) is 28.2 Å². The molecule has 0 bridgehead atoms. The lowest BCUT2D eigenvalue weighted by Crippen LogP contribution is -2.42. The van der Waals surface area contributed by atoms with Crippen LogP contribution in [0, 0.1) is 5.92 Å². The Labute approximate surface area is 166 Å². The molecule has 1 saturated heterocycles. The minimum atomic E-state index is -3.75. The molecule has 1 aromatic carbocycles. The van der Waals surface area contributed by atoms with Crippen molar-refractivity contribution in [2.24, 2.45) is 5.92 Å². The van der Waals surface area contributed by atoms with Crippen LogP contribution in [-0.4, -0.2) is 71.4 Å². The standard InChI is InChI=1S/C17H27N3O6S2/c1-5-27(22,23)20-10-8-13(9-11-20)17(21)18-14-6-7-15(26-4)16(12-14)28(24,25)19(2)3/h6-7,12-13H,5,8-11H2,1-4H3,(H,18,21). The van der Waals surface area contributed by atoms with Gasteiger partial charge in [-0.25, -0.2) is 25.4 Å². The summed E-state index contributed by atoms with van der Waals surface area (Å²) in [6.07, 6.45) is 0.841. The van der Waals surface area contributed by atoms with Gasteiger partial charge in [0.1, 0.15) is 10.6 Å². The Morgan fingerprint density at radius 3 is 2.32 bits per heavy atom. The quantitative estimate of drug-likeness (QED) is 0.685. The lowest BCUT2D eigenvalue weighted by atomic mass is 9.97. The fourth-order valence-corrected chi connectivity index (χ4v) is 5.18. The van der Waals surface area contributed by atoms with Crippen LogP contribution < -0.4 is 10.1 Å². The highest BCUT2D eigenvalue weighted by molar-refractivity contribution is 7.89. The first kappa shape index (κ1) is 22.6. The van der Waals surface area contributed by atoms with Gasteiger partial charge in [-0.1, -0.05) is 0 Å². The number of anilines is 1. The van der Waals surface area contributed by atoms with Crippen LogP contribution in [0.4, 0.5) is 5.69 Å². The topological polar surface area (TPSA) is 113 Å². The highest BCUT2D eigenvalue weighted by atomic mass is 32.2. The van der Waals surface area contributed by atoms with Gasteiger partial charge in [-0.3, -0.25) is 4.79 Å². The van der Waals surface area contributed by atoms with Crippen LogP contribution in [0.2, 0.25) is 0 Å². The van der Waals surface area contributed by atoms with Gasteiger partial charge in [0.2, 0.25) is 26.0 Å². The number of benzene rings is 1. The molecule has 0 unspecified atom stereocenters. The largest absolute Gasteiger partial charge is 0.495 e. The van der Waals surface area contributed by atoms with Gasteiger partial charge < -0.3 is 10.1 Å². The number of hydrogen-bond donors (Lipinski definition) is 1. The molecule has 0 radical (unpaired) electrons. The summed E-state index contributed by atoms with van der Waals surface area (Å²) in [4.78, 5) is 12.5. The van der Waals surface area contributed by atoms with Gasteiger partial charge >= 0.3 is 0 Å². The predicted molar refractivity (Wildman–Crippen MR) is 106 cm³/mol. The molecule has 1 N–H and O–H groups in total. The van der Waals surface area contributed by atoms with E-state index in [1.807, 2.05) is 0 Å². The lowest BCUT2D eigenvalue weighted by molar-refractivity contribution is -0.120. The molecule has 1 amide bonds. The number of ether oxygens (including phenoxy) is 1. The van der Waals surface area contributed by atoms with Gasteiger partial charge in [0, 0.05) is 38.8 Å². The number of carbonyl (C=O) groups is 1. The maximum atomic E-state index is 12.6. The average Bonchev–Trinajstić information content (AvgIpc) is 2.67. The smallest absolute Gasteiger partial charge is 0.246 e. The Kier molecular flexibility index (Phi) is 7.07. The number of nitrogens with zero attached hydrogens (tertiary/aromatic N) is 2. The second-order valence-electron chi connectivity index (χ2n) is 6.72. The molecular weight excluding hydrogens is 406 g/mol. The van der Waals surface area contributed by atoms with E-state index in [1.165, 1.54) is 37.6 Å². The van der Waals surface area contributed by atoms with E-state index >= 15 is 0 Å². The normalized spacial score (nSPS) is 16.9. The van der Waals surface area contributed by atoms with E-state index in [0.29, 0.717) is 31.6 Å². The predicted octanol–water partition coefficient (Wildman–Crippen LogP) is 0.946. The van der Waals surface area contributed by atoms with Crippen LogP contribution in [0.5, 0.6) is 5.75 Å². The van der Waals surface area contributed by atoms with E-state index in [4.69, 9.17) is 4.74 Å². The van der Waals surface area contributed by atoms with E-state index in [0.717, 1.165) is 4.31 Å². The van der Waals surface area contributed by atoms with Gasteiger partial charge in [0.15, 0.2) is 0 Å². The monoisotopic (exact) mass is 433 g/mol. The molecule has 1 aliphatic heterocycles. The Hall–Kier alpha value is -1.69. The van der Waals surface area contributed by atoms with Crippen molar-refractivity contribution in [1.29, 1.82) is 0 Å². The number of sulfonamides is 2. The summed E-state index contributed by atoms with van der Waals surface area (Å²) in [5.41, 5.74) is 0.342. The van der Waals surface area contributed by atoms with Crippen LogP contribution in [0.3, 0.4) is 0 Å². The number of rotatable bonds is 7. The molecule has 9 nitrogen and oxygen atoms in total.